The minimum absolute atomic E-state index is 0.582. The van der Waals surface area contributed by atoms with Crippen molar-refractivity contribution in [3.05, 3.63) is 60.0 Å². The van der Waals surface area contributed by atoms with E-state index < -0.39 is 0 Å². The maximum Gasteiger partial charge on any atom is 0.0924 e. The van der Waals surface area contributed by atoms with Crippen LogP contribution in [-0.4, -0.2) is 38.4 Å². The Morgan fingerprint density at radius 2 is 2.13 bits per heavy atom. The fourth-order valence-electron chi connectivity index (χ4n) is 3.40. The van der Waals surface area contributed by atoms with Crippen LogP contribution in [0, 0.1) is 0 Å². The molecule has 2 aromatic heterocycles. The second kappa shape index (κ2) is 6.38. The number of hydrogen-bond acceptors (Lipinski definition) is 3. The van der Waals surface area contributed by atoms with Crippen molar-refractivity contribution in [3.8, 4) is 11.3 Å². The van der Waals surface area contributed by atoms with E-state index in [-0.39, 0.29) is 0 Å². The molecule has 0 unspecified atom stereocenters. The zero-order chi connectivity index (χ0) is 15.5. The Labute approximate surface area is 135 Å². The highest BCUT2D eigenvalue weighted by Crippen LogP contribution is 2.27. The number of aromatic amines is 2. The number of likely N-dealkylation sites (tertiary alicyclic amines) is 1. The van der Waals surface area contributed by atoms with E-state index in [9.17, 15) is 0 Å². The lowest BCUT2D eigenvalue weighted by molar-refractivity contribution is 0.198. The molecule has 4 rings (SSSR count). The molecular formula is C18H21N5. The molecule has 5 heteroatoms. The number of piperidine rings is 1. The van der Waals surface area contributed by atoms with Gasteiger partial charge in [0.1, 0.15) is 0 Å². The summed E-state index contributed by atoms with van der Waals surface area (Å²) in [5.74, 6) is 0.582. The van der Waals surface area contributed by atoms with E-state index in [2.05, 4.69) is 43.5 Å². The largest absolute Gasteiger partial charge is 0.297 e. The van der Waals surface area contributed by atoms with Crippen molar-refractivity contribution in [2.75, 3.05) is 13.1 Å². The van der Waals surface area contributed by atoms with Gasteiger partial charge in [-0.15, -0.1) is 0 Å². The standard InChI is InChI=1S/C18H21N5/c1-2-5-14(6-3-1)18-9-17(21-22-18)13-23-8-4-7-15(12-23)16-10-19-20-11-16/h1-3,5-6,9-11,15H,4,7-8,12-13H2,(H,19,20)(H,21,22)/t15-/m1/s1. The van der Waals surface area contributed by atoms with Gasteiger partial charge in [-0.05, 0) is 36.9 Å². The molecule has 0 amide bonds. The Balaban J connectivity index is 1.43. The number of benzene rings is 1. The molecule has 1 saturated heterocycles. The van der Waals surface area contributed by atoms with E-state index in [1.165, 1.54) is 24.1 Å². The topological polar surface area (TPSA) is 60.6 Å². The van der Waals surface area contributed by atoms with E-state index in [4.69, 9.17) is 0 Å². The van der Waals surface area contributed by atoms with Gasteiger partial charge in [-0.2, -0.15) is 10.2 Å². The minimum Gasteiger partial charge on any atom is -0.297 e. The van der Waals surface area contributed by atoms with Gasteiger partial charge in [0.25, 0.3) is 0 Å². The molecule has 0 saturated carbocycles. The van der Waals surface area contributed by atoms with Crippen molar-refractivity contribution in [3.63, 3.8) is 0 Å². The summed E-state index contributed by atoms with van der Waals surface area (Å²) in [7, 11) is 0. The molecule has 1 fully saturated rings. The highest BCUT2D eigenvalue weighted by atomic mass is 15.2. The molecule has 0 spiro atoms. The molecule has 1 atom stereocenters. The molecule has 3 aromatic rings. The molecule has 2 N–H and O–H groups in total. The van der Waals surface area contributed by atoms with Crippen LogP contribution in [0.1, 0.15) is 30.0 Å². The number of nitrogens with zero attached hydrogens (tertiary/aromatic N) is 3. The fourth-order valence-corrected chi connectivity index (χ4v) is 3.40. The van der Waals surface area contributed by atoms with Crippen molar-refractivity contribution in [2.24, 2.45) is 0 Å². The summed E-state index contributed by atoms with van der Waals surface area (Å²) in [4.78, 5) is 2.50. The van der Waals surface area contributed by atoms with Gasteiger partial charge in [0.2, 0.25) is 0 Å². The number of nitrogens with one attached hydrogen (secondary N) is 2. The van der Waals surface area contributed by atoms with E-state index in [0.29, 0.717) is 5.92 Å². The number of H-pyrrole nitrogens is 2. The number of hydrogen-bond donors (Lipinski definition) is 2. The van der Waals surface area contributed by atoms with Crippen molar-refractivity contribution in [2.45, 2.75) is 25.3 Å². The summed E-state index contributed by atoms with van der Waals surface area (Å²) in [5.41, 5.74) is 4.68. The first-order valence-corrected chi connectivity index (χ1v) is 8.19. The Bertz CT molecular complexity index is 732. The molecular weight excluding hydrogens is 286 g/mol. The van der Waals surface area contributed by atoms with Crippen LogP contribution >= 0.6 is 0 Å². The molecule has 0 radical (unpaired) electrons. The second-order valence-corrected chi connectivity index (χ2v) is 6.25. The van der Waals surface area contributed by atoms with E-state index in [0.717, 1.165) is 30.9 Å². The van der Waals surface area contributed by atoms with Crippen LogP contribution in [0.15, 0.2) is 48.8 Å². The third-order valence-corrected chi connectivity index (χ3v) is 4.59. The summed E-state index contributed by atoms with van der Waals surface area (Å²) in [6, 6.07) is 12.5. The van der Waals surface area contributed by atoms with E-state index >= 15 is 0 Å². The fraction of sp³-hybridized carbons (Fsp3) is 0.333. The van der Waals surface area contributed by atoms with Gasteiger partial charge in [-0.25, -0.2) is 0 Å². The SMILES string of the molecule is c1ccc(-c2cc(CN3CCC[C@@H](c4cn[nH]c4)C3)[nH]n2)cc1. The first-order chi connectivity index (χ1) is 11.4. The predicted octanol–water partition coefficient (Wildman–Crippen LogP) is 3.18. The van der Waals surface area contributed by atoms with Crippen molar-refractivity contribution < 1.29 is 0 Å². The molecule has 1 aliphatic heterocycles. The highest BCUT2D eigenvalue weighted by Gasteiger charge is 2.22. The van der Waals surface area contributed by atoms with Gasteiger partial charge in [0.05, 0.1) is 11.9 Å². The second-order valence-electron chi connectivity index (χ2n) is 6.25. The first kappa shape index (κ1) is 14.2. The monoisotopic (exact) mass is 307 g/mol. The van der Waals surface area contributed by atoms with Crippen LogP contribution in [0.4, 0.5) is 0 Å². The molecule has 0 bridgehead atoms. The lowest BCUT2D eigenvalue weighted by atomic mass is 9.93. The van der Waals surface area contributed by atoms with Crippen LogP contribution in [0.2, 0.25) is 0 Å². The molecule has 1 aliphatic rings. The van der Waals surface area contributed by atoms with Gasteiger partial charge in [0.15, 0.2) is 0 Å². The smallest absolute Gasteiger partial charge is 0.0924 e. The third-order valence-electron chi connectivity index (χ3n) is 4.59. The zero-order valence-corrected chi connectivity index (χ0v) is 13.1. The van der Waals surface area contributed by atoms with Crippen molar-refractivity contribution >= 4 is 0 Å². The van der Waals surface area contributed by atoms with Gasteiger partial charge < -0.3 is 0 Å². The van der Waals surface area contributed by atoms with Crippen LogP contribution in [0.5, 0.6) is 0 Å². The lowest BCUT2D eigenvalue weighted by Crippen LogP contribution is -2.33. The van der Waals surface area contributed by atoms with E-state index in [1.54, 1.807) is 0 Å². The Kier molecular flexibility index (Phi) is 3.94. The van der Waals surface area contributed by atoms with Crippen molar-refractivity contribution in [1.82, 2.24) is 25.3 Å². The van der Waals surface area contributed by atoms with Crippen LogP contribution < -0.4 is 0 Å². The zero-order valence-electron chi connectivity index (χ0n) is 13.1. The normalized spacial score (nSPS) is 19.0. The molecule has 1 aromatic carbocycles. The van der Waals surface area contributed by atoms with Gasteiger partial charge in [0, 0.05) is 30.5 Å². The lowest BCUT2D eigenvalue weighted by Gasteiger charge is -2.31. The highest BCUT2D eigenvalue weighted by molar-refractivity contribution is 5.58. The average Bonchev–Trinajstić information content (AvgIpc) is 3.28. The Morgan fingerprint density at radius 3 is 2.96 bits per heavy atom. The third kappa shape index (κ3) is 3.19. The number of rotatable bonds is 4. The van der Waals surface area contributed by atoms with Gasteiger partial charge in [-0.3, -0.25) is 15.1 Å². The van der Waals surface area contributed by atoms with E-state index in [1.807, 2.05) is 30.6 Å². The average molecular weight is 307 g/mol. The van der Waals surface area contributed by atoms with Gasteiger partial charge >= 0.3 is 0 Å². The minimum atomic E-state index is 0.582. The quantitative estimate of drug-likeness (QED) is 0.778. The summed E-state index contributed by atoms with van der Waals surface area (Å²) < 4.78 is 0. The van der Waals surface area contributed by atoms with Crippen LogP contribution in [-0.2, 0) is 6.54 Å². The summed E-state index contributed by atoms with van der Waals surface area (Å²) in [6.07, 6.45) is 6.46. The maximum atomic E-state index is 4.45. The molecule has 3 heterocycles. The predicted molar refractivity (Wildman–Crippen MR) is 89.9 cm³/mol. The molecule has 23 heavy (non-hydrogen) atoms. The molecule has 118 valence electrons. The maximum absolute atomic E-state index is 4.45. The Hall–Kier alpha value is -2.40. The summed E-state index contributed by atoms with van der Waals surface area (Å²) >= 11 is 0. The van der Waals surface area contributed by atoms with Crippen molar-refractivity contribution in [1.29, 1.82) is 0 Å². The Morgan fingerprint density at radius 1 is 1.22 bits per heavy atom. The first-order valence-electron chi connectivity index (χ1n) is 8.19. The van der Waals surface area contributed by atoms with Crippen LogP contribution in [0.25, 0.3) is 11.3 Å². The van der Waals surface area contributed by atoms with Crippen LogP contribution in [0.3, 0.4) is 0 Å². The molecule has 5 nitrogen and oxygen atoms in total. The molecule has 0 aliphatic carbocycles. The summed E-state index contributed by atoms with van der Waals surface area (Å²) in [5, 5.41) is 14.7. The summed E-state index contributed by atoms with van der Waals surface area (Å²) in [6.45, 7) is 3.15. The number of aromatic nitrogens is 4. The van der Waals surface area contributed by atoms with Gasteiger partial charge in [-0.1, -0.05) is 30.3 Å².